The smallest absolute Gasteiger partial charge is 0.255 e. The molecule has 1 aromatic carbocycles. The number of amides is 1. The second-order valence-corrected chi connectivity index (χ2v) is 6.56. The highest BCUT2D eigenvalue weighted by Gasteiger charge is 2.26. The molecule has 0 spiro atoms. The minimum Gasteiger partial charge on any atom is -0.334 e. The van der Waals surface area contributed by atoms with Gasteiger partial charge in [-0.3, -0.25) is 4.79 Å². The summed E-state index contributed by atoms with van der Waals surface area (Å²) in [7, 11) is 0. The van der Waals surface area contributed by atoms with Crippen LogP contribution in [0, 0.1) is 0 Å². The van der Waals surface area contributed by atoms with Crippen LogP contribution in [0.3, 0.4) is 0 Å². The Hall–Kier alpha value is -2.08. The van der Waals surface area contributed by atoms with E-state index in [2.05, 4.69) is 4.98 Å². The molecule has 4 rings (SSSR count). The molecule has 2 N–H and O–H groups in total. The molecule has 1 fully saturated rings. The Morgan fingerprint density at radius 3 is 2.59 bits per heavy atom. The predicted molar refractivity (Wildman–Crippen MR) is 113 cm³/mol. The van der Waals surface area contributed by atoms with E-state index in [-0.39, 0.29) is 36.8 Å². The fraction of sp³-hybridized carbons (Fsp3) is 0.300. The Morgan fingerprint density at radius 2 is 1.85 bits per heavy atom. The normalized spacial score (nSPS) is 16.5. The quantitative estimate of drug-likeness (QED) is 0.719. The second-order valence-electron chi connectivity index (χ2n) is 6.56. The van der Waals surface area contributed by atoms with Gasteiger partial charge in [0.05, 0.1) is 11.3 Å². The minimum atomic E-state index is 0. The zero-order valence-corrected chi connectivity index (χ0v) is 16.6. The summed E-state index contributed by atoms with van der Waals surface area (Å²) in [5.74, 6) is 0.0620. The highest BCUT2D eigenvalue weighted by atomic mass is 35.5. The summed E-state index contributed by atoms with van der Waals surface area (Å²) in [4.78, 5) is 19.5. The summed E-state index contributed by atoms with van der Waals surface area (Å²) >= 11 is 0. The number of rotatable bonds is 3. The molecule has 1 unspecified atom stereocenters. The second kappa shape index (κ2) is 9.22. The largest absolute Gasteiger partial charge is 0.334 e. The van der Waals surface area contributed by atoms with Gasteiger partial charge < -0.3 is 15.0 Å². The van der Waals surface area contributed by atoms with E-state index in [4.69, 9.17) is 5.73 Å². The lowest BCUT2D eigenvalue weighted by atomic mass is 10.0. The van der Waals surface area contributed by atoms with E-state index in [0.717, 1.165) is 42.7 Å². The molecular weight excluding hydrogens is 383 g/mol. The van der Waals surface area contributed by atoms with Gasteiger partial charge in [0, 0.05) is 37.1 Å². The van der Waals surface area contributed by atoms with Crippen LogP contribution in [0.15, 0.2) is 54.9 Å². The van der Waals surface area contributed by atoms with Crippen LogP contribution in [0.2, 0.25) is 0 Å². The van der Waals surface area contributed by atoms with Crippen LogP contribution in [0.25, 0.3) is 16.9 Å². The number of fused-ring (bicyclic) bond motifs is 1. The molecule has 7 heteroatoms. The molecule has 0 bridgehead atoms. The molecule has 1 saturated heterocycles. The van der Waals surface area contributed by atoms with Crippen LogP contribution < -0.4 is 5.73 Å². The van der Waals surface area contributed by atoms with Crippen molar-refractivity contribution >= 4 is 36.4 Å². The van der Waals surface area contributed by atoms with Crippen molar-refractivity contribution in [3.8, 4) is 11.3 Å². The van der Waals surface area contributed by atoms with E-state index in [1.54, 1.807) is 0 Å². The van der Waals surface area contributed by atoms with E-state index in [9.17, 15) is 4.79 Å². The van der Waals surface area contributed by atoms with Crippen molar-refractivity contribution in [2.45, 2.75) is 25.3 Å². The van der Waals surface area contributed by atoms with Gasteiger partial charge in [-0.2, -0.15) is 0 Å². The van der Waals surface area contributed by atoms with Gasteiger partial charge in [-0.1, -0.05) is 30.3 Å². The van der Waals surface area contributed by atoms with Crippen LogP contribution in [-0.4, -0.2) is 39.3 Å². The lowest BCUT2D eigenvalue weighted by Gasteiger charge is -2.35. The number of benzene rings is 1. The van der Waals surface area contributed by atoms with Gasteiger partial charge in [-0.25, -0.2) is 4.98 Å². The molecule has 0 aliphatic carbocycles. The third-order valence-electron chi connectivity index (χ3n) is 4.93. The Morgan fingerprint density at radius 1 is 1.07 bits per heavy atom. The minimum absolute atomic E-state index is 0. The summed E-state index contributed by atoms with van der Waals surface area (Å²) in [6.07, 6.45) is 7.03. The van der Waals surface area contributed by atoms with Gasteiger partial charge in [-0.15, -0.1) is 24.8 Å². The molecule has 3 aromatic rings. The van der Waals surface area contributed by atoms with E-state index in [0.29, 0.717) is 12.1 Å². The highest BCUT2D eigenvalue weighted by molar-refractivity contribution is 5.94. The summed E-state index contributed by atoms with van der Waals surface area (Å²) in [5, 5.41) is 0. The molecule has 144 valence electrons. The number of nitrogens with two attached hydrogens (primary N) is 1. The maximum absolute atomic E-state index is 12.9. The van der Waals surface area contributed by atoms with Gasteiger partial charge in [-0.05, 0) is 31.4 Å². The van der Waals surface area contributed by atoms with Gasteiger partial charge in [0.15, 0.2) is 0 Å². The molecule has 0 saturated carbocycles. The Balaban J connectivity index is 0.00000131. The van der Waals surface area contributed by atoms with Crippen LogP contribution in [0.4, 0.5) is 0 Å². The van der Waals surface area contributed by atoms with Crippen LogP contribution in [0.1, 0.15) is 29.6 Å². The average molecular weight is 407 g/mol. The van der Waals surface area contributed by atoms with E-state index < -0.39 is 0 Å². The Kier molecular flexibility index (Phi) is 7.25. The maximum Gasteiger partial charge on any atom is 0.255 e. The zero-order chi connectivity index (χ0) is 17.2. The van der Waals surface area contributed by atoms with Gasteiger partial charge in [0.2, 0.25) is 0 Å². The fourth-order valence-corrected chi connectivity index (χ4v) is 3.55. The summed E-state index contributed by atoms with van der Waals surface area (Å²) < 4.78 is 1.93. The summed E-state index contributed by atoms with van der Waals surface area (Å²) in [5.41, 5.74) is 9.35. The number of halogens is 2. The summed E-state index contributed by atoms with van der Waals surface area (Å²) in [6, 6.07) is 14.0. The van der Waals surface area contributed by atoms with Crippen molar-refractivity contribution in [3.05, 3.63) is 60.4 Å². The van der Waals surface area contributed by atoms with Gasteiger partial charge >= 0.3 is 0 Å². The van der Waals surface area contributed by atoms with Crippen molar-refractivity contribution in [2.75, 3.05) is 13.1 Å². The molecule has 5 nitrogen and oxygen atoms in total. The molecule has 3 heterocycles. The molecular formula is C20H24Cl2N4O. The number of likely N-dealkylation sites (tertiary alicyclic amines) is 1. The van der Waals surface area contributed by atoms with Gasteiger partial charge in [0.25, 0.3) is 5.91 Å². The standard InChI is InChI=1S/C20H22N4O.2ClH/c21-12-17-8-4-5-11-24(17)20(25)16-9-10-19-22-18(14-23(19)13-16)15-6-2-1-3-7-15;;/h1-3,6-7,9-10,13-14,17H,4-5,8,11-12,21H2;2*1H. The first-order valence-corrected chi connectivity index (χ1v) is 8.81. The third-order valence-corrected chi connectivity index (χ3v) is 4.93. The van der Waals surface area contributed by atoms with E-state index >= 15 is 0 Å². The first-order valence-electron chi connectivity index (χ1n) is 8.81. The highest BCUT2D eigenvalue weighted by Crippen LogP contribution is 2.22. The van der Waals surface area contributed by atoms with Crippen LogP contribution in [-0.2, 0) is 0 Å². The number of carbonyl (C=O) groups is 1. The molecule has 1 aliphatic rings. The molecule has 2 aromatic heterocycles. The number of nitrogens with zero attached hydrogens (tertiary/aromatic N) is 3. The fourth-order valence-electron chi connectivity index (χ4n) is 3.55. The van der Waals surface area contributed by atoms with Crippen molar-refractivity contribution in [1.29, 1.82) is 0 Å². The Labute approximate surface area is 171 Å². The van der Waals surface area contributed by atoms with Crippen molar-refractivity contribution in [2.24, 2.45) is 5.73 Å². The molecule has 27 heavy (non-hydrogen) atoms. The van der Waals surface area contributed by atoms with E-state index in [1.807, 2.05) is 64.2 Å². The number of hydrogen-bond acceptors (Lipinski definition) is 3. The number of hydrogen-bond donors (Lipinski definition) is 1. The lowest BCUT2D eigenvalue weighted by Crippen LogP contribution is -2.47. The number of carbonyl (C=O) groups excluding carboxylic acids is 1. The molecule has 1 atom stereocenters. The third kappa shape index (κ3) is 4.26. The maximum atomic E-state index is 12.9. The number of pyridine rings is 1. The number of aromatic nitrogens is 2. The van der Waals surface area contributed by atoms with E-state index in [1.165, 1.54) is 0 Å². The molecule has 0 radical (unpaired) electrons. The molecule has 1 amide bonds. The SMILES string of the molecule is Cl.Cl.NCC1CCCCN1C(=O)c1ccc2nc(-c3ccccc3)cn2c1. The lowest BCUT2D eigenvalue weighted by molar-refractivity contribution is 0.0623. The number of imidazole rings is 1. The van der Waals surface area contributed by atoms with Crippen molar-refractivity contribution in [1.82, 2.24) is 14.3 Å². The van der Waals surface area contributed by atoms with Crippen molar-refractivity contribution < 1.29 is 4.79 Å². The first kappa shape index (κ1) is 21.2. The first-order chi connectivity index (χ1) is 12.3. The average Bonchev–Trinajstić information content (AvgIpc) is 3.11. The predicted octanol–water partition coefficient (Wildman–Crippen LogP) is 3.80. The topological polar surface area (TPSA) is 63.6 Å². The Bertz CT molecular complexity index is 897. The van der Waals surface area contributed by atoms with Crippen LogP contribution >= 0.6 is 24.8 Å². The van der Waals surface area contributed by atoms with Crippen LogP contribution in [0.5, 0.6) is 0 Å². The van der Waals surface area contributed by atoms with Gasteiger partial charge in [0.1, 0.15) is 5.65 Å². The zero-order valence-electron chi connectivity index (χ0n) is 15.0. The van der Waals surface area contributed by atoms with Crippen molar-refractivity contribution in [3.63, 3.8) is 0 Å². The summed E-state index contributed by atoms with van der Waals surface area (Å²) in [6.45, 7) is 1.31. The molecule has 1 aliphatic heterocycles. The number of piperidine rings is 1. The monoisotopic (exact) mass is 406 g/mol.